The molecule has 0 bridgehead atoms. The minimum atomic E-state index is -1.10. The highest BCUT2D eigenvalue weighted by Gasteiger charge is 2.28. The molecular weight excluding hydrogens is 374 g/mol. The third-order valence-corrected chi connectivity index (χ3v) is 5.01. The number of hydrogen-bond donors (Lipinski definition) is 1. The van der Waals surface area contributed by atoms with Gasteiger partial charge in [0.1, 0.15) is 10.6 Å². The van der Waals surface area contributed by atoms with Gasteiger partial charge in [-0.05, 0) is 29.5 Å². The largest absolute Gasteiger partial charge is 0.496 e. The van der Waals surface area contributed by atoms with Gasteiger partial charge >= 0.3 is 5.97 Å². The SMILES string of the molecule is COc1ccccc1[C@H](OC(=O)c1cccs1)C(=O)NCCc1ccccc1. The Morgan fingerprint density at radius 3 is 2.46 bits per heavy atom. The van der Waals surface area contributed by atoms with Crippen molar-refractivity contribution in [1.29, 1.82) is 0 Å². The van der Waals surface area contributed by atoms with Gasteiger partial charge in [-0.15, -0.1) is 11.3 Å². The smallest absolute Gasteiger partial charge is 0.349 e. The van der Waals surface area contributed by atoms with Gasteiger partial charge in [0.25, 0.3) is 5.91 Å². The Kier molecular flexibility index (Phi) is 6.81. The van der Waals surface area contributed by atoms with Crippen LogP contribution in [0.4, 0.5) is 0 Å². The topological polar surface area (TPSA) is 64.6 Å². The van der Waals surface area contributed by atoms with Crippen molar-refractivity contribution >= 4 is 23.2 Å². The number of para-hydroxylation sites is 1. The molecule has 0 unspecified atom stereocenters. The minimum absolute atomic E-state index is 0.384. The fraction of sp³-hybridized carbons (Fsp3) is 0.182. The number of hydrogen-bond acceptors (Lipinski definition) is 5. The van der Waals surface area contributed by atoms with Crippen molar-refractivity contribution in [2.75, 3.05) is 13.7 Å². The van der Waals surface area contributed by atoms with Crippen LogP contribution in [0.15, 0.2) is 72.1 Å². The number of rotatable bonds is 8. The van der Waals surface area contributed by atoms with Gasteiger partial charge in [-0.2, -0.15) is 0 Å². The lowest BCUT2D eigenvalue weighted by Crippen LogP contribution is -2.33. The van der Waals surface area contributed by atoms with Gasteiger partial charge in [0, 0.05) is 12.1 Å². The summed E-state index contributed by atoms with van der Waals surface area (Å²) < 4.78 is 10.9. The first-order valence-corrected chi connectivity index (χ1v) is 9.76. The molecule has 1 N–H and O–H groups in total. The molecule has 1 atom stereocenters. The van der Waals surface area contributed by atoms with Crippen LogP contribution in [0.1, 0.15) is 26.9 Å². The van der Waals surface area contributed by atoms with Crippen LogP contribution >= 0.6 is 11.3 Å². The Hall–Kier alpha value is -3.12. The lowest BCUT2D eigenvalue weighted by atomic mass is 10.1. The lowest BCUT2D eigenvalue weighted by Gasteiger charge is -2.19. The zero-order valence-electron chi connectivity index (χ0n) is 15.5. The van der Waals surface area contributed by atoms with Gasteiger partial charge in [-0.1, -0.05) is 54.6 Å². The second kappa shape index (κ2) is 9.71. The molecule has 0 fully saturated rings. The van der Waals surface area contributed by atoms with E-state index in [1.807, 2.05) is 30.3 Å². The molecule has 3 rings (SSSR count). The van der Waals surface area contributed by atoms with E-state index in [4.69, 9.17) is 9.47 Å². The van der Waals surface area contributed by atoms with Crippen molar-refractivity contribution in [3.63, 3.8) is 0 Å². The maximum absolute atomic E-state index is 12.9. The van der Waals surface area contributed by atoms with Crippen molar-refractivity contribution < 1.29 is 19.1 Å². The van der Waals surface area contributed by atoms with Gasteiger partial charge in [0.15, 0.2) is 0 Å². The molecular formula is C22H21NO4S. The minimum Gasteiger partial charge on any atom is -0.496 e. The zero-order chi connectivity index (χ0) is 19.8. The molecule has 0 saturated carbocycles. The summed E-state index contributed by atoms with van der Waals surface area (Å²) >= 11 is 1.27. The molecule has 0 aliphatic heterocycles. The number of amides is 1. The molecule has 0 radical (unpaired) electrons. The van der Waals surface area contributed by atoms with Crippen LogP contribution in [-0.4, -0.2) is 25.5 Å². The summed E-state index contributed by atoms with van der Waals surface area (Å²) in [6, 6.07) is 20.3. The quantitative estimate of drug-likeness (QED) is 0.585. The molecule has 1 aromatic heterocycles. The molecule has 1 amide bonds. The normalized spacial score (nSPS) is 11.5. The fourth-order valence-electron chi connectivity index (χ4n) is 2.77. The van der Waals surface area contributed by atoms with Crippen LogP contribution in [0.3, 0.4) is 0 Å². The molecule has 5 nitrogen and oxygen atoms in total. The zero-order valence-corrected chi connectivity index (χ0v) is 16.3. The van der Waals surface area contributed by atoms with Crippen LogP contribution in [0.25, 0.3) is 0 Å². The number of carbonyl (C=O) groups excluding carboxylic acids is 2. The van der Waals surface area contributed by atoms with Gasteiger partial charge in [0.2, 0.25) is 6.10 Å². The number of thiophene rings is 1. The summed E-state index contributed by atoms with van der Waals surface area (Å²) in [6.07, 6.45) is -0.411. The van der Waals surface area contributed by atoms with Gasteiger partial charge in [-0.25, -0.2) is 4.79 Å². The van der Waals surface area contributed by atoms with E-state index in [0.29, 0.717) is 29.2 Å². The molecule has 0 spiro atoms. The number of benzene rings is 2. The first-order chi connectivity index (χ1) is 13.7. The van der Waals surface area contributed by atoms with Gasteiger partial charge in [0.05, 0.1) is 7.11 Å². The van der Waals surface area contributed by atoms with E-state index in [1.165, 1.54) is 18.4 Å². The average molecular weight is 395 g/mol. The van der Waals surface area contributed by atoms with Gasteiger partial charge in [-0.3, -0.25) is 4.79 Å². The summed E-state index contributed by atoms with van der Waals surface area (Å²) in [6.45, 7) is 0.436. The van der Waals surface area contributed by atoms with E-state index in [0.717, 1.165) is 5.56 Å². The Morgan fingerprint density at radius 2 is 1.75 bits per heavy atom. The van der Waals surface area contributed by atoms with Crippen molar-refractivity contribution in [3.8, 4) is 5.75 Å². The maximum Gasteiger partial charge on any atom is 0.349 e. The standard InChI is InChI=1S/C22H21NO4S/c1-26-18-11-6-5-10-17(18)20(27-22(25)19-12-7-15-28-19)21(24)23-14-13-16-8-3-2-4-9-16/h2-12,15,20H,13-14H2,1H3,(H,23,24)/t20-/m0/s1. The molecule has 0 saturated heterocycles. The van der Waals surface area contributed by atoms with Crippen LogP contribution < -0.4 is 10.1 Å². The van der Waals surface area contributed by atoms with Crippen molar-refractivity contribution in [3.05, 3.63) is 88.1 Å². The first-order valence-electron chi connectivity index (χ1n) is 8.88. The summed E-state index contributed by atoms with van der Waals surface area (Å²) in [5.74, 6) is -0.431. The number of carbonyl (C=O) groups is 2. The molecule has 1 heterocycles. The predicted molar refractivity (Wildman–Crippen MR) is 109 cm³/mol. The Balaban J connectivity index is 1.75. The van der Waals surface area contributed by atoms with Crippen molar-refractivity contribution in [2.45, 2.75) is 12.5 Å². The summed E-state index contributed by atoms with van der Waals surface area (Å²) in [5, 5.41) is 4.65. The Morgan fingerprint density at radius 1 is 1.00 bits per heavy atom. The third-order valence-electron chi connectivity index (χ3n) is 4.16. The molecule has 6 heteroatoms. The van der Waals surface area contributed by atoms with E-state index >= 15 is 0 Å². The molecule has 28 heavy (non-hydrogen) atoms. The van der Waals surface area contributed by atoms with Crippen LogP contribution in [0.2, 0.25) is 0 Å². The number of ether oxygens (including phenoxy) is 2. The van der Waals surface area contributed by atoms with E-state index in [9.17, 15) is 9.59 Å². The molecule has 144 valence electrons. The number of esters is 1. The molecule has 3 aromatic rings. The highest BCUT2D eigenvalue weighted by molar-refractivity contribution is 7.11. The number of methoxy groups -OCH3 is 1. The summed E-state index contributed by atoms with van der Waals surface area (Å²) in [5.41, 5.74) is 1.62. The van der Waals surface area contributed by atoms with E-state index in [-0.39, 0.29) is 5.91 Å². The van der Waals surface area contributed by atoms with E-state index in [2.05, 4.69) is 5.32 Å². The average Bonchev–Trinajstić information content (AvgIpc) is 3.27. The number of nitrogens with one attached hydrogen (secondary N) is 1. The van der Waals surface area contributed by atoms with Crippen LogP contribution in [-0.2, 0) is 16.0 Å². The lowest BCUT2D eigenvalue weighted by molar-refractivity contribution is -0.130. The monoisotopic (exact) mass is 395 g/mol. The van der Waals surface area contributed by atoms with Crippen molar-refractivity contribution in [1.82, 2.24) is 5.32 Å². The van der Waals surface area contributed by atoms with E-state index in [1.54, 1.807) is 41.8 Å². The van der Waals surface area contributed by atoms with Crippen LogP contribution in [0, 0.1) is 0 Å². The van der Waals surface area contributed by atoms with Crippen LogP contribution in [0.5, 0.6) is 5.75 Å². The maximum atomic E-state index is 12.9. The van der Waals surface area contributed by atoms with E-state index < -0.39 is 12.1 Å². The third kappa shape index (κ3) is 4.98. The summed E-state index contributed by atoms with van der Waals surface area (Å²) in [7, 11) is 1.52. The summed E-state index contributed by atoms with van der Waals surface area (Å²) in [4.78, 5) is 25.8. The highest BCUT2D eigenvalue weighted by Crippen LogP contribution is 2.29. The van der Waals surface area contributed by atoms with Gasteiger partial charge < -0.3 is 14.8 Å². The Labute approximate surface area is 167 Å². The fourth-order valence-corrected chi connectivity index (χ4v) is 3.37. The molecule has 0 aliphatic carbocycles. The first kappa shape index (κ1) is 19.6. The second-order valence-electron chi connectivity index (χ2n) is 6.03. The second-order valence-corrected chi connectivity index (χ2v) is 6.98. The Bertz CT molecular complexity index is 909. The predicted octanol–water partition coefficient (Wildman–Crippen LogP) is 4.01. The van der Waals surface area contributed by atoms with Crippen molar-refractivity contribution in [2.24, 2.45) is 0 Å². The highest BCUT2D eigenvalue weighted by atomic mass is 32.1. The molecule has 2 aromatic carbocycles. The molecule has 0 aliphatic rings.